The lowest BCUT2D eigenvalue weighted by Crippen LogP contribution is -2.57. The fraction of sp³-hybridized carbons (Fsp3) is 0.717. The predicted molar refractivity (Wildman–Crippen MR) is 501 cm³/mol. The van der Waals surface area contributed by atoms with Crippen molar-refractivity contribution in [2.75, 3.05) is 198 Å². The Kier molecular flexibility index (Phi) is 66.9. The summed E-state index contributed by atoms with van der Waals surface area (Å²) in [7, 11) is 0. The molecule has 4 rings (SSSR count). The highest BCUT2D eigenvalue weighted by atomic mass is 16.7. The monoisotopic (exact) mass is 1960 g/mol. The molecule has 2 heterocycles. The second-order valence-corrected chi connectivity index (χ2v) is 32.4. The summed E-state index contributed by atoms with van der Waals surface area (Å²) >= 11 is 0. The van der Waals surface area contributed by atoms with E-state index in [1.54, 1.807) is 0 Å². The van der Waals surface area contributed by atoms with E-state index in [2.05, 4.69) is 115 Å². The van der Waals surface area contributed by atoms with Crippen LogP contribution in [0.1, 0.15) is 212 Å². The fourth-order valence-corrected chi connectivity index (χ4v) is 13.9. The topological polar surface area (TPSA) is 626 Å². The van der Waals surface area contributed by atoms with Crippen molar-refractivity contribution < 1.29 is 144 Å². The number of benzene rings is 2. The van der Waals surface area contributed by atoms with E-state index in [1.165, 1.54) is 50.2 Å². The van der Waals surface area contributed by atoms with Gasteiger partial charge in [-0.05, 0) is 122 Å². The first-order chi connectivity index (χ1) is 66.5. The van der Waals surface area contributed by atoms with E-state index in [0.29, 0.717) is 150 Å². The molecular weight excluding hydrogens is 1810 g/mol. The van der Waals surface area contributed by atoms with E-state index in [-0.39, 0.29) is 279 Å². The van der Waals surface area contributed by atoms with Crippen LogP contribution in [0.4, 0.5) is 0 Å². The molecule has 46 heteroatoms. The number of hydrogen-bond acceptors (Lipinski definition) is 30. The Morgan fingerprint density at radius 2 is 0.623 bits per heavy atom. The van der Waals surface area contributed by atoms with Crippen LogP contribution in [0, 0.1) is 23.7 Å². The maximum atomic E-state index is 13.5. The number of carboxylic acids is 2. The van der Waals surface area contributed by atoms with Crippen molar-refractivity contribution in [1.29, 1.82) is 0 Å². The van der Waals surface area contributed by atoms with E-state index in [4.69, 9.17) is 87.6 Å². The van der Waals surface area contributed by atoms with Gasteiger partial charge in [0.1, 0.15) is 36.3 Å². The Bertz CT molecular complexity index is 3890. The first-order valence-electron chi connectivity index (χ1n) is 47.4. The molecule has 46 nitrogen and oxygen atoms in total. The summed E-state index contributed by atoms with van der Waals surface area (Å²) in [4.78, 5) is 178. The van der Waals surface area contributed by atoms with Gasteiger partial charge < -0.3 is 130 Å². The summed E-state index contributed by atoms with van der Waals surface area (Å²) in [6.07, 6.45) is 4.77. The fourth-order valence-electron chi connectivity index (χ4n) is 13.9. The summed E-state index contributed by atoms with van der Waals surface area (Å²) in [5.41, 5.74) is 16.6. The van der Waals surface area contributed by atoms with Crippen LogP contribution >= 0.6 is 0 Å². The zero-order valence-electron chi connectivity index (χ0n) is 81.2. The third-order valence-corrected chi connectivity index (χ3v) is 21.6. The van der Waals surface area contributed by atoms with E-state index in [1.807, 2.05) is 0 Å². The maximum Gasteiger partial charge on any atom is 0.305 e. The second-order valence-electron chi connectivity index (χ2n) is 32.4. The molecular formula is C92H148N16O30. The minimum Gasteiger partial charge on any atom is -0.492 e. The molecule has 2 fully saturated rings. The van der Waals surface area contributed by atoms with E-state index in [0.717, 1.165) is 12.8 Å². The zero-order chi connectivity index (χ0) is 101. The number of carbonyl (C=O) groups is 14. The summed E-state index contributed by atoms with van der Waals surface area (Å²) in [5.74, 6) is -4.90. The summed E-state index contributed by atoms with van der Waals surface area (Å²) in [6, 6.07) is 7.67. The highest BCUT2D eigenvalue weighted by molar-refractivity contribution is 6.02. The number of nitrogens with zero attached hydrogens (tertiary/aromatic N) is 6. The lowest BCUT2D eigenvalue weighted by atomic mass is 9.81. The predicted octanol–water partition coefficient (Wildman–Crippen LogP) is 5.67. The van der Waals surface area contributed by atoms with Crippen molar-refractivity contribution in [3.05, 3.63) is 79.5 Å². The molecule has 0 bridgehead atoms. The van der Waals surface area contributed by atoms with E-state index >= 15 is 0 Å². The molecule has 10 amide bonds. The number of carbonyl (C=O) groups excluding carboxylic acids is 12. The van der Waals surface area contributed by atoms with Crippen LogP contribution in [0.15, 0.2) is 46.6 Å². The van der Waals surface area contributed by atoms with Crippen LogP contribution in [0.5, 0.6) is 11.5 Å². The molecule has 10 unspecified atom stereocenters. The Balaban J connectivity index is 0.000000908. The average molecular weight is 1960 g/mol. The summed E-state index contributed by atoms with van der Waals surface area (Å²) in [6.45, 7) is 22.4. The number of Topliss-reactive ketones (excluding diaryl/α,β-unsaturated/α-hetero) is 2. The number of ether oxygens (including phenoxy) is 14. The van der Waals surface area contributed by atoms with Crippen LogP contribution in [0.25, 0.3) is 20.9 Å². The molecule has 0 aliphatic carbocycles. The number of ketones is 2. The highest BCUT2D eigenvalue weighted by Gasteiger charge is 2.43. The van der Waals surface area contributed by atoms with Gasteiger partial charge >= 0.3 is 11.9 Å². The van der Waals surface area contributed by atoms with Gasteiger partial charge in [0, 0.05) is 163 Å². The van der Waals surface area contributed by atoms with Gasteiger partial charge in [-0.25, -0.2) is 0 Å². The highest BCUT2D eigenvalue weighted by Crippen LogP contribution is 2.35. The van der Waals surface area contributed by atoms with Crippen LogP contribution in [-0.2, 0) is 105 Å². The molecule has 0 spiro atoms. The minimum absolute atomic E-state index is 0.00847. The van der Waals surface area contributed by atoms with Gasteiger partial charge in [0.25, 0.3) is 23.6 Å². The Morgan fingerprint density at radius 1 is 0.333 bits per heavy atom. The van der Waals surface area contributed by atoms with Crippen LogP contribution in [0.3, 0.4) is 0 Å². The lowest BCUT2D eigenvalue weighted by Gasteiger charge is -2.44. The molecule has 0 radical (unpaired) electrons. The Morgan fingerprint density at radius 3 is 0.928 bits per heavy atom. The first kappa shape index (κ1) is 121. The molecule has 2 aliphatic rings. The Hall–Kier alpha value is -10.8. The SMILES string of the molecule is CCC1OC(OCCCCC(=O)CCCNC(=O)CCNC(=O)c2cc(OCCNC(=O)CCOCCOCCOCCOCCN=[N+]=[N-])cc(C(=O)NCCC(=O)NCCCC(=O)CCCCOC3OC(CC)C(C)C(C)C3NC(C)=O)c2)C(NC(C)=O)C(C)C1C.[N-]=[N+]=NCCOCCOCCOCCOCCC(=O)NCCOc1cc(C(=O)NCCC(=O)O)cc(C(=O)NCCC(=O)O)c1. The number of hydrogen-bond donors (Lipinski definition) is 12. The third-order valence-electron chi connectivity index (χ3n) is 21.6. The second kappa shape index (κ2) is 76.1. The number of unbranched alkanes of at least 4 members (excludes halogenated alkanes) is 2. The van der Waals surface area contributed by atoms with Gasteiger partial charge in [-0.15, -0.1) is 0 Å². The first-order valence-corrected chi connectivity index (χ1v) is 47.4. The molecule has 12 N–H and O–H groups in total. The van der Waals surface area contributed by atoms with Gasteiger partial charge in [-0.2, -0.15) is 0 Å². The van der Waals surface area contributed by atoms with Crippen LogP contribution in [-0.4, -0.2) is 327 Å². The van der Waals surface area contributed by atoms with Crippen LogP contribution in [0.2, 0.25) is 0 Å². The van der Waals surface area contributed by atoms with Gasteiger partial charge in [0.05, 0.1) is 156 Å². The molecule has 0 aromatic heterocycles. The Labute approximate surface area is 806 Å². The average Bonchev–Trinajstić information content (AvgIpc) is 0.882. The smallest absolute Gasteiger partial charge is 0.305 e. The van der Waals surface area contributed by atoms with E-state index in [9.17, 15) is 67.1 Å². The van der Waals surface area contributed by atoms with Crippen molar-refractivity contribution in [2.24, 2.45) is 33.9 Å². The number of rotatable bonds is 78. The molecule has 2 saturated heterocycles. The number of azide groups is 2. The third kappa shape index (κ3) is 57.5. The molecule has 2 aliphatic heterocycles. The number of nitrogens with one attached hydrogen (secondary N) is 10. The summed E-state index contributed by atoms with van der Waals surface area (Å²) in [5, 5.41) is 51.5. The molecule has 2 aromatic carbocycles. The zero-order valence-corrected chi connectivity index (χ0v) is 81.2. The number of aliphatic carboxylic acids is 2. The lowest BCUT2D eigenvalue weighted by molar-refractivity contribution is -0.236. The van der Waals surface area contributed by atoms with Crippen molar-refractivity contribution >= 4 is 82.6 Å². The van der Waals surface area contributed by atoms with Gasteiger partial charge in [-0.3, -0.25) is 67.1 Å². The molecule has 138 heavy (non-hydrogen) atoms. The van der Waals surface area contributed by atoms with Gasteiger partial charge in [0.2, 0.25) is 35.4 Å². The maximum absolute atomic E-state index is 13.5. The largest absolute Gasteiger partial charge is 0.492 e. The van der Waals surface area contributed by atoms with Gasteiger partial charge in [0.15, 0.2) is 12.6 Å². The van der Waals surface area contributed by atoms with E-state index < -0.39 is 48.1 Å². The van der Waals surface area contributed by atoms with Crippen molar-refractivity contribution in [2.45, 2.75) is 208 Å². The summed E-state index contributed by atoms with van der Waals surface area (Å²) < 4.78 is 78.9. The standard InChI is InChI=1S/C65H108N10O18.C27H40N6O12/c1-9-55-44(3)46(5)60(73-48(7)76)64(92-55)90-30-13-11-17-52(78)19-15-24-67-57(80)21-26-70-62(83)50-41-51(43-54(42-50)89-34-28-69-59(82)23-32-85-35-37-87-39-40-88-38-36-86-33-29-72-75-66)63(84)71-27-22-58(81)68-25-16-20-53(79)18-12-14-31-91-65-61(74-49(8)77)47(6)45(4)56(10-2)93-65;28-33-32-7-9-42-12-14-44-16-15-43-13-11-41-8-3-23(34)29-6-10-45-22-18-20(26(39)30-4-1-24(35)36)17-21(19-22)27(40)31-5-2-25(37)38/h41-47,55-56,60-61,64-65H,9-40H2,1-8H3,(H,67,80)(H,68,81)(H,69,82)(H,70,83)(H,71,84)(H,73,76)(H,74,77);17-19H,1-16H2,(H,29,34)(H,30,39)(H,31,40)(H,35,36)(H,37,38). The number of amides is 10. The molecule has 776 valence electrons. The van der Waals surface area contributed by atoms with Crippen LogP contribution < -0.4 is 62.6 Å². The van der Waals surface area contributed by atoms with Crippen molar-refractivity contribution in [3.63, 3.8) is 0 Å². The van der Waals surface area contributed by atoms with Crippen molar-refractivity contribution in [1.82, 2.24) is 53.2 Å². The minimum atomic E-state index is -1.09. The van der Waals surface area contributed by atoms with Crippen molar-refractivity contribution in [3.8, 4) is 11.5 Å². The molecule has 0 saturated carbocycles. The quantitative estimate of drug-likeness (QED) is 0.0164. The number of carboxylic acid groups (broad SMARTS) is 2. The molecule has 10 atom stereocenters. The molecule has 2 aromatic rings. The normalized spacial score (nSPS) is 17.5. The van der Waals surface area contributed by atoms with Gasteiger partial charge in [-0.1, -0.05) is 51.8 Å².